The first kappa shape index (κ1) is 35.4. The molecule has 4 aliphatic heterocycles. The number of amides is 2. The van der Waals surface area contributed by atoms with E-state index in [4.69, 9.17) is 14.2 Å². The third kappa shape index (κ3) is 6.74. The van der Waals surface area contributed by atoms with Crippen molar-refractivity contribution in [1.82, 2.24) is 25.3 Å². The van der Waals surface area contributed by atoms with E-state index >= 15 is 4.39 Å². The summed E-state index contributed by atoms with van der Waals surface area (Å²) < 4.78 is 34.2. The molecule has 3 saturated heterocycles. The second-order valence-electron chi connectivity index (χ2n) is 17.4. The average Bonchev–Trinajstić information content (AvgIpc) is 3.67. The number of carbonyl (C=O) groups is 4. The molecular weight excluding hydrogens is 657 g/mol. The van der Waals surface area contributed by atoms with Gasteiger partial charge < -0.3 is 34.6 Å². The van der Waals surface area contributed by atoms with Gasteiger partial charge in [-0.05, 0) is 71.1 Å². The fraction of sp³-hybridized carbons (Fsp3) is 0.842. The van der Waals surface area contributed by atoms with Gasteiger partial charge in [-0.2, -0.15) is 0 Å². The summed E-state index contributed by atoms with van der Waals surface area (Å²) >= 11 is 0. The predicted molar refractivity (Wildman–Crippen MR) is 184 cm³/mol. The number of ether oxygens (including phenoxy) is 3. The van der Waals surface area contributed by atoms with Gasteiger partial charge in [-0.25, -0.2) is 9.18 Å². The Balaban J connectivity index is 1.05. The van der Waals surface area contributed by atoms with Crippen LogP contribution < -0.4 is 10.6 Å². The lowest BCUT2D eigenvalue weighted by Crippen LogP contribution is -2.73. The number of Topliss-reactive ketones (excluding diaryl/α,β-unsaturated/α-hetero) is 2. The molecule has 282 valence electrons. The Hall–Kier alpha value is -2.61. The summed E-state index contributed by atoms with van der Waals surface area (Å²) in [6, 6.07) is -1.38. The quantitative estimate of drug-likeness (QED) is 0.396. The first-order chi connectivity index (χ1) is 24.5. The van der Waals surface area contributed by atoms with Gasteiger partial charge in [0.2, 0.25) is 0 Å². The van der Waals surface area contributed by atoms with Crippen molar-refractivity contribution < 1.29 is 37.8 Å². The summed E-state index contributed by atoms with van der Waals surface area (Å²) in [7, 11) is 0. The van der Waals surface area contributed by atoms with Crippen LogP contribution in [0.4, 0.5) is 9.18 Å². The number of hydrogen-bond acceptors (Lipinski definition) is 10. The molecule has 0 aromatic carbocycles. The predicted octanol–water partition coefficient (Wildman–Crippen LogP) is 2.45. The van der Waals surface area contributed by atoms with E-state index in [1.165, 1.54) is 0 Å². The minimum Gasteiger partial charge on any atom is -0.444 e. The molecule has 4 aliphatic carbocycles. The number of alkyl carbamates (subject to hydrolysis) is 1. The number of nitrogens with zero attached hydrogens (tertiary/aromatic N) is 3. The number of carbonyl (C=O) groups excluding carboxylic acids is 4. The fourth-order valence-electron chi connectivity index (χ4n) is 11.1. The van der Waals surface area contributed by atoms with Gasteiger partial charge in [-0.1, -0.05) is 12.8 Å². The molecule has 4 saturated carbocycles. The van der Waals surface area contributed by atoms with Gasteiger partial charge >= 0.3 is 6.09 Å². The number of fused-ring (bicyclic) bond motifs is 5. The molecule has 8 rings (SSSR count). The van der Waals surface area contributed by atoms with Gasteiger partial charge in [0, 0.05) is 63.2 Å². The first-order valence-corrected chi connectivity index (χ1v) is 19.7. The Morgan fingerprint density at radius 2 is 1.76 bits per heavy atom. The molecule has 12 atom stereocenters. The number of likely N-dealkylation sites (tertiary alicyclic amines) is 1. The Morgan fingerprint density at radius 3 is 2.55 bits per heavy atom. The number of morpholine rings is 2. The van der Waals surface area contributed by atoms with E-state index in [2.05, 4.69) is 20.4 Å². The van der Waals surface area contributed by atoms with Crippen molar-refractivity contribution in [1.29, 1.82) is 0 Å². The SMILES string of the molecule is CC(C)(C)OC(=O)N[C@H]1CCN(C(=O)C2=CN3C4CC5C(CC4OC4C(NCCN6CCOCC6)C(F)CC(C2=O)C43)C(=O)C2CCCCC25)C1. The number of nitrogens with one attached hydrogen (secondary N) is 2. The van der Waals surface area contributed by atoms with E-state index < -0.39 is 35.9 Å². The molecule has 2 amide bonds. The van der Waals surface area contributed by atoms with Crippen molar-refractivity contribution in [2.45, 2.75) is 120 Å². The summed E-state index contributed by atoms with van der Waals surface area (Å²) in [5.41, 5.74) is -0.546. The van der Waals surface area contributed by atoms with E-state index in [0.29, 0.717) is 50.8 Å². The number of halogens is 1. The zero-order chi connectivity index (χ0) is 35.6. The number of ketones is 2. The highest BCUT2D eigenvalue weighted by Gasteiger charge is 2.62. The molecule has 0 radical (unpaired) electrons. The van der Waals surface area contributed by atoms with Crippen molar-refractivity contribution in [2.24, 2.45) is 29.6 Å². The molecule has 0 bridgehead atoms. The van der Waals surface area contributed by atoms with E-state index in [1.54, 1.807) is 31.9 Å². The van der Waals surface area contributed by atoms with Gasteiger partial charge in [-0.15, -0.1) is 0 Å². The van der Waals surface area contributed by atoms with Crippen molar-refractivity contribution in [3.05, 3.63) is 11.8 Å². The highest BCUT2D eigenvalue weighted by molar-refractivity contribution is 6.20. The van der Waals surface area contributed by atoms with Crippen molar-refractivity contribution in [3.8, 4) is 0 Å². The minimum absolute atomic E-state index is 0.0230. The molecule has 7 fully saturated rings. The number of hydrogen-bond donors (Lipinski definition) is 2. The molecular formula is C38H56FN5O7. The maximum atomic E-state index is 16.4. The second-order valence-corrected chi connectivity index (χ2v) is 17.4. The van der Waals surface area contributed by atoms with Crippen LogP contribution in [0.5, 0.6) is 0 Å². The third-order valence-electron chi connectivity index (χ3n) is 13.3. The molecule has 8 aliphatic rings. The molecule has 11 unspecified atom stereocenters. The topological polar surface area (TPSA) is 130 Å². The highest BCUT2D eigenvalue weighted by Crippen LogP contribution is 2.56. The largest absolute Gasteiger partial charge is 0.444 e. The molecule has 0 aromatic heterocycles. The Morgan fingerprint density at radius 1 is 0.980 bits per heavy atom. The second kappa shape index (κ2) is 14.0. The van der Waals surface area contributed by atoms with Crippen LogP contribution in [-0.4, -0.2) is 139 Å². The molecule has 4 heterocycles. The lowest BCUT2D eigenvalue weighted by molar-refractivity contribution is -0.206. The van der Waals surface area contributed by atoms with E-state index in [9.17, 15) is 19.2 Å². The average molecular weight is 714 g/mol. The Kier molecular flexibility index (Phi) is 9.71. The maximum Gasteiger partial charge on any atom is 0.407 e. The zero-order valence-electron chi connectivity index (χ0n) is 30.4. The Labute approximate surface area is 300 Å². The van der Waals surface area contributed by atoms with Gasteiger partial charge in [0.25, 0.3) is 5.91 Å². The molecule has 13 heteroatoms. The van der Waals surface area contributed by atoms with Crippen LogP contribution in [0.3, 0.4) is 0 Å². The molecule has 51 heavy (non-hydrogen) atoms. The summed E-state index contributed by atoms with van der Waals surface area (Å²) in [4.78, 5) is 60.9. The van der Waals surface area contributed by atoms with Gasteiger partial charge in [0.15, 0.2) is 5.78 Å². The molecule has 12 nitrogen and oxygen atoms in total. The van der Waals surface area contributed by atoms with Crippen LogP contribution in [-0.2, 0) is 28.6 Å². The summed E-state index contributed by atoms with van der Waals surface area (Å²) in [6.07, 6.45) is 5.30. The maximum absolute atomic E-state index is 16.4. The van der Waals surface area contributed by atoms with Crippen molar-refractivity contribution >= 4 is 23.6 Å². The van der Waals surface area contributed by atoms with Crippen molar-refractivity contribution in [2.75, 3.05) is 52.5 Å². The minimum atomic E-state index is -1.33. The standard InChI is InChI=1S/C38H56FN5O7/c1-38(2,3)51-37(48)41-21-8-10-43(19-21)36(47)27-20-44-29-17-24-22-6-4-5-7-23(22)33(45)25(24)18-30(29)50-35-31(28(39)16-26(32(35)44)34(27)46)40-9-11-42-12-14-49-15-13-42/h20-26,28-32,35,40H,4-19H2,1-3H3,(H,41,48)/t21-,22?,23?,24?,25?,26?,28?,29?,30?,31?,32?,35?/m0/s1. The monoisotopic (exact) mass is 713 g/mol. The molecule has 0 aromatic rings. The summed E-state index contributed by atoms with van der Waals surface area (Å²) in [6.45, 7) is 10.5. The Bertz CT molecular complexity index is 1410. The number of rotatable bonds is 6. The van der Waals surface area contributed by atoms with Crippen LogP contribution in [0.25, 0.3) is 0 Å². The van der Waals surface area contributed by atoms with E-state index in [0.717, 1.165) is 51.7 Å². The fourth-order valence-corrected chi connectivity index (χ4v) is 11.1. The van der Waals surface area contributed by atoms with Crippen LogP contribution in [0.15, 0.2) is 11.8 Å². The zero-order valence-corrected chi connectivity index (χ0v) is 30.4. The van der Waals surface area contributed by atoms with Crippen molar-refractivity contribution in [3.63, 3.8) is 0 Å². The lowest BCUT2D eigenvalue weighted by atomic mass is 9.66. The van der Waals surface area contributed by atoms with E-state index in [1.807, 2.05) is 0 Å². The smallest absolute Gasteiger partial charge is 0.407 e. The van der Waals surface area contributed by atoms with Crippen LogP contribution in [0.1, 0.15) is 72.1 Å². The summed E-state index contributed by atoms with van der Waals surface area (Å²) in [5.74, 6) is -0.267. The van der Waals surface area contributed by atoms with Crippen LogP contribution in [0.2, 0.25) is 0 Å². The van der Waals surface area contributed by atoms with E-state index in [-0.39, 0.29) is 72.2 Å². The van der Waals surface area contributed by atoms with Crippen LogP contribution in [0, 0.1) is 29.6 Å². The van der Waals surface area contributed by atoms with Crippen LogP contribution >= 0.6 is 0 Å². The van der Waals surface area contributed by atoms with Gasteiger partial charge in [-0.3, -0.25) is 19.3 Å². The molecule has 2 N–H and O–H groups in total. The third-order valence-corrected chi connectivity index (χ3v) is 13.3. The first-order valence-electron chi connectivity index (χ1n) is 19.7. The molecule has 0 spiro atoms. The normalized spacial score (nSPS) is 40.9. The van der Waals surface area contributed by atoms with Gasteiger partial charge in [0.05, 0.1) is 55.2 Å². The van der Waals surface area contributed by atoms with Gasteiger partial charge in [0.1, 0.15) is 17.6 Å². The summed E-state index contributed by atoms with van der Waals surface area (Å²) in [5, 5.41) is 6.37. The lowest BCUT2D eigenvalue weighted by Gasteiger charge is -2.60. The highest BCUT2D eigenvalue weighted by atomic mass is 19.1. The number of alkyl halides is 1.